The van der Waals surface area contributed by atoms with E-state index in [9.17, 15) is 9.18 Å². The van der Waals surface area contributed by atoms with Crippen molar-refractivity contribution in [1.82, 2.24) is 4.90 Å². The lowest BCUT2D eigenvalue weighted by Crippen LogP contribution is -2.45. The Morgan fingerprint density at radius 2 is 2.05 bits per heavy atom. The fourth-order valence-electron chi connectivity index (χ4n) is 2.70. The molecule has 2 N–H and O–H groups in total. The highest BCUT2D eigenvalue weighted by Gasteiger charge is 2.25. The van der Waals surface area contributed by atoms with Crippen LogP contribution in [0, 0.1) is 5.82 Å². The summed E-state index contributed by atoms with van der Waals surface area (Å²) in [5.41, 5.74) is 6.48. The molecule has 1 fully saturated rings. The first-order valence-electron chi connectivity index (χ1n) is 6.94. The van der Waals surface area contributed by atoms with Gasteiger partial charge in [-0.15, -0.1) is 0 Å². The Balaban J connectivity index is 1.99. The summed E-state index contributed by atoms with van der Waals surface area (Å²) in [4.78, 5) is 14.3. The Bertz CT molecular complexity index is 417. The fourth-order valence-corrected chi connectivity index (χ4v) is 2.70. The van der Waals surface area contributed by atoms with E-state index >= 15 is 0 Å². The molecule has 2 rings (SSSR count). The standard InChI is InChI=1S/C15H21FN2O/c16-13-6-4-12(5-7-13)11-15(19)18-10-2-1-3-14(18)8-9-17/h4-7,14H,1-3,8-11,17H2. The molecular weight excluding hydrogens is 243 g/mol. The number of nitrogens with two attached hydrogens (primary N) is 1. The van der Waals surface area contributed by atoms with Crippen molar-refractivity contribution in [1.29, 1.82) is 0 Å². The van der Waals surface area contributed by atoms with Crippen LogP contribution in [0.5, 0.6) is 0 Å². The van der Waals surface area contributed by atoms with Crippen LogP contribution in [0.1, 0.15) is 31.2 Å². The number of halogens is 1. The summed E-state index contributed by atoms with van der Waals surface area (Å²) < 4.78 is 12.8. The number of amides is 1. The predicted molar refractivity (Wildman–Crippen MR) is 73.1 cm³/mol. The van der Waals surface area contributed by atoms with Crippen LogP contribution in [0.4, 0.5) is 4.39 Å². The molecule has 4 heteroatoms. The molecule has 0 aliphatic carbocycles. The number of benzene rings is 1. The SMILES string of the molecule is NCCC1CCCCN1C(=O)Cc1ccc(F)cc1. The van der Waals surface area contributed by atoms with Gasteiger partial charge in [-0.1, -0.05) is 12.1 Å². The van der Waals surface area contributed by atoms with Gasteiger partial charge in [0, 0.05) is 12.6 Å². The van der Waals surface area contributed by atoms with Gasteiger partial charge in [-0.2, -0.15) is 0 Å². The maximum atomic E-state index is 12.8. The number of rotatable bonds is 4. The third-order valence-corrected chi connectivity index (χ3v) is 3.72. The molecule has 1 aromatic rings. The lowest BCUT2D eigenvalue weighted by molar-refractivity contribution is -0.134. The maximum absolute atomic E-state index is 12.8. The molecule has 0 bridgehead atoms. The zero-order valence-electron chi connectivity index (χ0n) is 11.1. The molecule has 1 aliphatic rings. The summed E-state index contributed by atoms with van der Waals surface area (Å²) >= 11 is 0. The van der Waals surface area contributed by atoms with Gasteiger partial charge in [-0.05, 0) is 49.9 Å². The van der Waals surface area contributed by atoms with E-state index in [1.54, 1.807) is 12.1 Å². The van der Waals surface area contributed by atoms with Gasteiger partial charge in [0.2, 0.25) is 5.91 Å². The van der Waals surface area contributed by atoms with Gasteiger partial charge in [0.1, 0.15) is 5.82 Å². The number of piperidine rings is 1. The quantitative estimate of drug-likeness (QED) is 0.905. The molecule has 3 nitrogen and oxygen atoms in total. The van der Waals surface area contributed by atoms with Crippen molar-refractivity contribution >= 4 is 5.91 Å². The van der Waals surface area contributed by atoms with Crippen LogP contribution in [-0.4, -0.2) is 29.9 Å². The lowest BCUT2D eigenvalue weighted by Gasteiger charge is -2.35. The predicted octanol–water partition coefficient (Wildman–Crippen LogP) is 2.10. The van der Waals surface area contributed by atoms with Crippen molar-refractivity contribution in [3.05, 3.63) is 35.6 Å². The normalized spacial score (nSPS) is 19.5. The molecule has 0 radical (unpaired) electrons. The van der Waals surface area contributed by atoms with Crippen LogP contribution in [0.2, 0.25) is 0 Å². The van der Waals surface area contributed by atoms with Crippen LogP contribution in [0.25, 0.3) is 0 Å². The largest absolute Gasteiger partial charge is 0.339 e. The zero-order chi connectivity index (χ0) is 13.7. The number of hydrogen-bond donors (Lipinski definition) is 1. The smallest absolute Gasteiger partial charge is 0.227 e. The van der Waals surface area contributed by atoms with Crippen LogP contribution >= 0.6 is 0 Å². The minimum atomic E-state index is -0.268. The second-order valence-electron chi connectivity index (χ2n) is 5.12. The second kappa shape index (κ2) is 6.66. The van der Waals surface area contributed by atoms with E-state index in [0.717, 1.165) is 31.4 Å². The molecule has 1 aromatic carbocycles. The Kier molecular flexibility index (Phi) is 4.91. The van der Waals surface area contributed by atoms with Crippen molar-refractivity contribution in [3.8, 4) is 0 Å². The summed E-state index contributed by atoms with van der Waals surface area (Å²) in [5.74, 6) is -0.139. The van der Waals surface area contributed by atoms with Crippen LogP contribution in [0.3, 0.4) is 0 Å². The average molecular weight is 264 g/mol. The molecule has 1 saturated heterocycles. The van der Waals surface area contributed by atoms with Gasteiger partial charge in [0.25, 0.3) is 0 Å². The summed E-state index contributed by atoms with van der Waals surface area (Å²) in [7, 11) is 0. The molecule has 1 heterocycles. The van der Waals surface area contributed by atoms with Crippen molar-refractivity contribution in [3.63, 3.8) is 0 Å². The highest BCUT2D eigenvalue weighted by molar-refractivity contribution is 5.79. The van der Waals surface area contributed by atoms with Crippen molar-refractivity contribution in [2.75, 3.05) is 13.1 Å². The molecular formula is C15H21FN2O. The van der Waals surface area contributed by atoms with Gasteiger partial charge in [0.15, 0.2) is 0 Å². The number of carbonyl (C=O) groups is 1. The van der Waals surface area contributed by atoms with E-state index in [0.29, 0.717) is 13.0 Å². The minimum Gasteiger partial charge on any atom is -0.339 e. The van der Waals surface area contributed by atoms with Gasteiger partial charge in [-0.25, -0.2) is 4.39 Å². The Morgan fingerprint density at radius 1 is 1.32 bits per heavy atom. The summed E-state index contributed by atoms with van der Waals surface area (Å²) in [6, 6.07) is 6.43. The van der Waals surface area contributed by atoms with Gasteiger partial charge in [0.05, 0.1) is 6.42 Å². The Hall–Kier alpha value is -1.42. The molecule has 1 amide bonds. The number of carbonyl (C=O) groups excluding carboxylic acids is 1. The molecule has 104 valence electrons. The van der Waals surface area contributed by atoms with Gasteiger partial charge in [-0.3, -0.25) is 4.79 Å². The first-order chi connectivity index (χ1) is 9.20. The van der Waals surface area contributed by atoms with Gasteiger partial charge < -0.3 is 10.6 Å². The van der Waals surface area contributed by atoms with Crippen LogP contribution in [-0.2, 0) is 11.2 Å². The zero-order valence-corrected chi connectivity index (χ0v) is 11.1. The van der Waals surface area contributed by atoms with Crippen LogP contribution in [0.15, 0.2) is 24.3 Å². The van der Waals surface area contributed by atoms with Crippen molar-refractivity contribution in [2.24, 2.45) is 5.73 Å². The summed E-state index contributed by atoms with van der Waals surface area (Å²) in [6.45, 7) is 1.44. The van der Waals surface area contributed by atoms with E-state index < -0.39 is 0 Å². The Morgan fingerprint density at radius 3 is 2.74 bits per heavy atom. The lowest BCUT2D eigenvalue weighted by atomic mass is 9.98. The fraction of sp³-hybridized carbons (Fsp3) is 0.533. The van der Waals surface area contributed by atoms with E-state index in [-0.39, 0.29) is 17.8 Å². The van der Waals surface area contributed by atoms with E-state index in [2.05, 4.69) is 0 Å². The monoisotopic (exact) mass is 264 g/mol. The second-order valence-corrected chi connectivity index (χ2v) is 5.12. The first kappa shape index (κ1) is 14.0. The summed E-state index contributed by atoms with van der Waals surface area (Å²) in [5, 5.41) is 0. The van der Waals surface area contributed by atoms with E-state index in [1.165, 1.54) is 18.6 Å². The average Bonchev–Trinajstić information content (AvgIpc) is 2.42. The topological polar surface area (TPSA) is 46.3 Å². The molecule has 19 heavy (non-hydrogen) atoms. The highest BCUT2D eigenvalue weighted by Crippen LogP contribution is 2.20. The molecule has 0 saturated carbocycles. The van der Waals surface area contributed by atoms with Crippen LogP contribution < -0.4 is 5.73 Å². The third kappa shape index (κ3) is 3.77. The first-order valence-corrected chi connectivity index (χ1v) is 6.94. The maximum Gasteiger partial charge on any atom is 0.227 e. The molecule has 0 aromatic heterocycles. The summed E-state index contributed by atoms with van der Waals surface area (Å²) in [6.07, 6.45) is 4.50. The number of likely N-dealkylation sites (tertiary alicyclic amines) is 1. The van der Waals surface area contributed by atoms with E-state index in [1.807, 2.05) is 4.90 Å². The number of hydrogen-bond acceptors (Lipinski definition) is 2. The van der Waals surface area contributed by atoms with Crippen molar-refractivity contribution in [2.45, 2.75) is 38.1 Å². The Labute approximate surface area is 113 Å². The molecule has 1 atom stereocenters. The third-order valence-electron chi connectivity index (χ3n) is 3.72. The van der Waals surface area contributed by atoms with E-state index in [4.69, 9.17) is 5.73 Å². The highest BCUT2D eigenvalue weighted by atomic mass is 19.1. The van der Waals surface area contributed by atoms with Crippen molar-refractivity contribution < 1.29 is 9.18 Å². The minimum absolute atomic E-state index is 0.129. The number of nitrogens with zero attached hydrogens (tertiary/aromatic N) is 1. The molecule has 0 spiro atoms. The van der Waals surface area contributed by atoms with Gasteiger partial charge >= 0.3 is 0 Å². The molecule has 1 aliphatic heterocycles. The molecule has 1 unspecified atom stereocenters.